The fraction of sp³-hybridized carbons (Fsp3) is 0.267. The lowest BCUT2D eigenvalue weighted by Crippen LogP contribution is -2.24. The zero-order valence-electron chi connectivity index (χ0n) is 11.0. The van der Waals surface area contributed by atoms with Crippen molar-refractivity contribution < 1.29 is 17.9 Å². The van der Waals surface area contributed by atoms with E-state index in [1.54, 1.807) is 0 Å². The van der Waals surface area contributed by atoms with E-state index < -0.39 is 11.9 Å². The van der Waals surface area contributed by atoms with Crippen molar-refractivity contribution in [1.29, 1.82) is 0 Å². The van der Waals surface area contributed by atoms with Gasteiger partial charge in [0.25, 0.3) is 0 Å². The third kappa shape index (κ3) is 3.09. The first-order chi connectivity index (χ1) is 10.0. The second-order valence-corrected chi connectivity index (χ2v) is 4.84. The Kier molecular flexibility index (Phi) is 3.45. The minimum absolute atomic E-state index is 0.0984. The molecule has 3 rings (SSSR count). The number of anilines is 1. The topological polar surface area (TPSA) is 34.1 Å². The molecule has 1 aromatic heterocycles. The number of pyridine rings is 1. The highest BCUT2D eigenvalue weighted by atomic mass is 19.4. The summed E-state index contributed by atoms with van der Waals surface area (Å²) in [6.45, 7) is 0.406. The van der Waals surface area contributed by atoms with Crippen molar-refractivity contribution >= 4 is 5.82 Å². The average molecular weight is 294 g/mol. The number of ether oxygens (including phenoxy) is 1. The molecule has 6 heteroatoms. The highest BCUT2D eigenvalue weighted by molar-refractivity contribution is 5.39. The molecule has 1 aliphatic rings. The van der Waals surface area contributed by atoms with Crippen LogP contribution in [0.2, 0.25) is 0 Å². The van der Waals surface area contributed by atoms with Gasteiger partial charge in [-0.05, 0) is 23.8 Å². The van der Waals surface area contributed by atoms with Gasteiger partial charge in [0.05, 0.1) is 6.54 Å². The number of halogens is 3. The summed E-state index contributed by atoms with van der Waals surface area (Å²) in [7, 11) is 0. The standard InChI is InChI=1S/C15H13F3N2O/c16-15(17,18)13-6-3-7-14(20-13)19-9-11-8-10-4-1-2-5-12(10)21-11/h1-7,11H,8-9H2,(H,19,20). The van der Waals surface area contributed by atoms with E-state index in [0.29, 0.717) is 6.54 Å². The number of alkyl halides is 3. The van der Waals surface area contributed by atoms with Crippen LogP contribution in [0.3, 0.4) is 0 Å². The highest BCUT2D eigenvalue weighted by Crippen LogP contribution is 2.29. The maximum absolute atomic E-state index is 12.6. The fourth-order valence-electron chi connectivity index (χ4n) is 2.28. The first kappa shape index (κ1) is 13.7. The van der Waals surface area contributed by atoms with Crippen LogP contribution in [0.4, 0.5) is 19.0 Å². The molecule has 0 fully saturated rings. The van der Waals surface area contributed by atoms with Crippen LogP contribution in [0.25, 0.3) is 0 Å². The molecule has 0 bridgehead atoms. The van der Waals surface area contributed by atoms with Crippen molar-refractivity contribution in [2.45, 2.75) is 18.7 Å². The van der Waals surface area contributed by atoms with E-state index in [1.165, 1.54) is 12.1 Å². The molecule has 110 valence electrons. The van der Waals surface area contributed by atoms with E-state index in [9.17, 15) is 13.2 Å². The summed E-state index contributed by atoms with van der Waals surface area (Å²) in [5.74, 6) is 1.03. The summed E-state index contributed by atoms with van der Waals surface area (Å²) in [5.41, 5.74) is 0.212. The molecule has 0 spiro atoms. The minimum Gasteiger partial charge on any atom is -0.488 e. The third-order valence-corrected chi connectivity index (χ3v) is 3.26. The van der Waals surface area contributed by atoms with Gasteiger partial charge >= 0.3 is 6.18 Å². The van der Waals surface area contributed by atoms with Crippen LogP contribution in [0, 0.1) is 0 Å². The van der Waals surface area contributed by atoms with Crippen molar-refractivity contribution in [2.75, 3.05) is 11.9 Å². The van der Waals surface area contributed by atoms with Gasteiger partial charge < -0.3 is 10.1 Å². The summed E-state index contributed by atoms with van der Waals surface area (Å²) in [5, 5.41) is 2.90. The predicted octanol–water partition coefficient (Wildman–Crippen LogP) is 3.52. The van der Waals surface area contributed by atoms with Crippen LogP contribution >= 0.6 is 0 Å². The molecule has 1 N–H and O–H groups in total. The van der Waals surface area contributed by atoms with Crippen molar-refractivity contribution in [3.8, 4) is 5.75 Å². The molecular formula is C15H13F3N2O. The van der Waals surface area contributed by atoms with Crippen LogP contribution < -0.4 is 10.1 Å². The molecule has 3 nitrogen and oxygen atoms in total. The molecule has 1 unspecified atom stereocenters. The van der Waals surface area contributed by atoms with Crippen LogP contribution in [0.15, 0.2) is 42.5 Å². The zero-order valence-corrected chi connectivity index (χ0v) is 11.0. The SMILES string of the molecule is FC(F)(F)c1cccc(NCC2Cc3ccccc3O2)n1. The van der Waals surface area contributed by atoms with E-state index in [2.05, 4.69) is 10.3 Å². The Morgan fingerprint density at radius 2 is 1.95 bits per heavy atom. The Hall–Kier alpha value is -2.24. The van der Waals surface area contributed by atoms with Gasteiger partial charge in [-0.25, -0.2) is 4.98 Å². The predicted molar refractivity (Wildman–Crippen MR) is 72.3 cm³/mol. The molecule has 0 amide bonds. The minimum atomic E-state index is -4.43. The molecule has 1 aliphatic heterocycles. The number of rotatable bonds is 3. The van der Waals surface area contributed by atoms with Gasteiger partial charge in [0.15, 0.2) is 0 Å². The van der Waals surface area contributed by atoms with Gasteiger partial charge in [0, 0.05) is 6.42 Å². The van der Waals surface area contributed by atoms with Gasteiger partial charge in [-0.1, -0.05) is 24.3 Å². The van der Waals surface area contributed by atoms with Crippen LogP contribution in [0.1, 0.15) is 11.3 Å². The first-order valence-electron chi connectivity index (χ1n) is 6.55. The molecule has 0 saturated heterocycles. The quantitative estimate of drug-likeness (QED) is 0.940. The second kappa shape index (κ2) is 5.27. The molecule has 1 atom stereocenters. The normalized spacial score (nSPS) is 17.2. The molecule has 0 saturated carbocycles. The lowest BCUT2D eigenvalue weighted by molar-refractivity contribution is -0.141. The van der Waals surface area contributed by atoms with E-state index >= 15 is 0 Å². The molecule has 21 heavy (non-hydrogen) atoms. The van der Waals surface area contributed by atoms with Crippen molar-refractivity contribution in [1.82, 2.24) is 4.98 Å². The summed E-state index contributed by atoms with van der Waals surface area (Å²) < 4.78 is 43.4. The van der Waals surface area contributed by atoms with Crippen molar-refractivity contribution in [3.63, 3.8) is 0 Å². The Balaban J connectivity index is 1.62. The molecule has 0 aliphatic carbocycles. The first-order valence-corrected chi connectivity index (χ1v) is 6.55. The van der Waals surface area contributed by atoms with Gasteiger partial charge in [-0.3, -0.25) is 0 Å². The Morgan fingerprint density at radius 3 is 2.71 bits per heavy atom. The monoisotopic (exact) mass is 294 g/mol. The molecule has 2 aromatic rings. The number of hydrogen-bond acceptors (Lipinski definition) is 3. The Labute approximate surface area is 119 Å². The van der Waals surface area contributed by atoms with E-state index in [1.807, 2.05) is 24.3 Å². The van der Waals surface area contributed by atoms with Crippen LogP contribution in [-0.2, 0) is 12.6 Å². The maximum atomic E-state index is 12.6. The van der Waals surface area contributed by atoms with Crippen molar-refractivity contribution in [3.05, 3.63) is 53.7 Å². The smallest absolute Gasteiger partial charge is 0.433 e. The number of hydrogen-bond donors (Lipinski definition) is 1. The summed E-state index contributed by atoms with van der Waals surface area (Å²) in [6.07, 6.45) is -3.79. The highest BCUT2D eigenvalue weighted by Gasteiger charge is 2.32. The van der Waals surface area contributed by atoms with E-state index in [0.717, 1.165) is 23.8 Å². The number of nitrogens with one attached hydrogen (secondary N) is 1. The lowest BCUT2D eigenvalue weighted by Gasteiger charge is -2.13. The Morgan fingerprint density at radius 1 is 1.14 bits per heavy atom. The largest absolute Gasteiger partial charge is 0.488 e. The summed E-state index contributed by atoms with van der Waals surface area (Å²) >= 11 is 0. The van der Waals surface area contributed by atoms with Gasteiger partial charge in [-0.15, -0.1) is 0 Å². The van der Waals surface area contributed by atoms with E-state index in [-0.39, 0.29) is 11.9 Å². The number of nitrogens with zero attached hydrogens (tertiary/aromatic N) is 1. The molecule has 2 heterocycles. The van der Waals surface area contributed by atoms with Gasteiger partial charge in [-0.2, -0.15) is 13.2 Å². The molecular weight excluding hydrogens is 281 g/mol. The summed E-state index contributed by atoms with van der Waals surface area (Å²) in [6, 6.07) is 11.5. The van der Waals surface area contributed by atoms with Crippen molar-refractivity contribution in [2.24, 2.45) is 0 Å². The number of benzene rings is 1. The fourth-order valence-corrected chi connectivity index (χ4v) is 2.28. The van der Waals surface area contributed by atoms with Crippen LogP contribution in [0.5, 0.6) is 5.75 Å². The van der Waals surface area contributed by atoms with Gasteiger partial charge in [0.1, 0.15) is 23.4 Å². The third-order valence-electron chi connectivity index (χ3n) is 3.26. The average Bonchev–Trinajstić information content (AvgIpc) is 2.87. The summed E-state index contributed by atoms with van der Waals surface area (Å²) in [4.78, 5) is 3.56. The number of fused-ring (bicyclic) bond motifs is 1. The molecule has 0 radical (unpaired) electrons. The van der Waals surface area contributed by atoms with E-state index in [4.69, 9.17) is 4.74 Å². The maximum Gasteiger partial charge on any atom is 0.433 e. The Bertz CT molecular complexity index is 618. The van der Waals surface area contributed by atoms with Gasteiger partial charge in [0.2, 0.25) is 0 Å². The lowest BCUT2D eigenvalue weighted by atomic mass is 10.1. The second-order valence-electron chi connectivity index (χ2n) is 4.84. The van der Waals surface area contributed by atoms with Crippen LogP contribution in [-0.4, -0.2) is 17.6 Å². The zero-order chi connectivity index (χ0) is 14.9. The number of aromatic nitrogens is 1. The molecule has 1 aromatic carbocycles. The number of para-hydroxylation sites is 1.